The van der Waals surface area contributed by atoms with Gasteiger partial charge in [-0.2, -0.15) is 0 Å². The van der Waals surface area contributed by atoms with E-state index in [-0.39, 0.29) is 38.1 Å². The van der Waals surface area contributed by atoms with Crippen LogP contribution >= 0.6 is 7.82 Å². The molecule has 0 amide bonds. The Morgan fingerprint density at radius 2 is 0.846 bits per heavy atom. The van der Waals surface area contributed by atoms with E-state index in [1.165, 1.54) is 0 Å². The van der Waals surface area contributed by atoms with Crippen molar-refractivity contribution in [3.63, 3.8) is 0 Å². The average Bonchev–Trinajstić information content (AvgIpc) is 2.65. The Hall–Kier alpha value is -0.0100. The Labute approximate surface area is 159 Å². The Morgan fingerprint density at radius 3 is 1.08 bits per heavy atom. The molecule has 0 aliphatic carbocycles. The molecule has 0 saturated heterocycles. The molecule has 0 rings (SSSR count). The molecule has 0 aromatic rings. The van der Waals surface area contributed by atoms with Crippen LogP contribution in [0.5, 0.6) is 0 Å². The molecule has 0 heterocycles. The molecule has 0 aliphatic rings. The lowest BCUT2D eigenvalue weighted by molar-refractivity contribution is 0.00108. The van der Waals surface area contributed by atoms with Crippen molar-refractivity contribution in [3.05, 3.63) is 0 Å². The molecule has 0 aliphatic heterocycles. The predicted octanol–water partition coefficient (Wildman–Crippen LogP) is 4.59. The minimum Gasteiger partial charge on any atom is -0.376 e. The fraction of sp³-hybridized carbons (Fsp3) is 1.00. The van der Waals surface area contributed by atoms with E-state index in [4.69, 9.17) is 27.8 Å². The van der Waals surface area contributed by atoms with Crippen molar-refractivity contribution in [2.24, 2.45) is 0 Å². The third kappa shape index (κ3) is 14.1. The van der Waals surface area contributed by atoms with E-state index >= 15 is 0 Å². The summed E-state index contributed by atoms with van der Waals surface area (Å²) in [7, 11) is -3.66. The molecule has 0 bridgehead atoms. The first-order valence-electron chi connectivity index (χ1n) is 9.75. The first kappa shape index (κ1) is 26.0. The highest BCUT2D eigenvalue weighted by Crippen LogP contribution is 2.49. The summed E-state index contributed by atoms with van der Waals surface area (Å²) in [5, 5.41) is 0. The normalized spacial score (nSPS) is 17.6. The molecule has 0 N–H and O–H groups in total. The van der Waals surface area contributed by atoms with Crippen molar-refractivity contribution in [1.29, 1.82) is 0 Å². The van der Waals surface area contributed by atoms with E-state index in [0.29, 0.717) is 19.8 Å². The van der Waals surface area contributed by atoms with Gasteiger partial charge in [0.1, 0.15) is 0 Å². The quantitative estimate of drug-likeness (QED) is 0.247. The molecular weight excluding hydrogens is 359 g/mol. The van der Waals surface area contributed by atoms with Crippen molar-refractivity contribution < 1.29 is 32.3 Å². The van der Waals surface area contributed by atoms with Crippen molar-refractivity contribution in [3.8, 4) is 0 Å². The topological polar surface area (TPSA) is 72.5 Å². The zero-order valence-corrected chi connectivity index (χ0v) is 18.3. The lowest BCUT2D eigenvalue weighted by Crippen LogP contribution is -2.16. The molecule has 3 atom stereocenters. The van der Waals surface area contributed by atoms with Crippen LogP contribution < -0.4 is 0 Å². The van der Waals surface area contributed by atoms with Gasteiger partial charge in [-0.1, -0.05) is 20.8 Å². The maximum Gasteiger partial charge on any atom is 0.475 e. The van der Waals surface area contributed by atoms with E-state index in [1.807, 2.05) is 41.5 Å². The highest BCUT2D eigenvalue weighted by atomic mass is 31.2. The largest absolute Gasteiger partial charge is 0.475 e. The zero-order chi connectivity index (χ0) is 19.8. The van der Waals surface area contributed by atoms with Gasteiger partial charge in [-0.15, -0.1) is 0 Å². The Morgan fingerprint density at radius 1 is 0.577 bits per heavy atom. The van der Waals surface area contributed by atoms with Crippen LogP contribution in [0.25, 0.3) is 0 Å². The molecule has 3 unspecified atom stereocenters. The van der Waals surface area contributed by atoms with Crippen LogP contribution in [-0.4, -0.2) is 58.0 Å². The molecular formula is C18H39O7P. The lowest BCUT2D eigenvalue weighted by atomic mass is 10.3. The predicted molar refractivity (Wildman–Crippen MR) is 103 cm³/mol. The Balaban J connectivity index is 4.29. The van der Waals surface area contributed by atoms with Gasteiger partial charge < -0.3 is 14.2 Å². The van der Waals surface area contributed by atoms with Crippen LogP contribution in [0, 0.1) is 0 Å². The summed E-state index contributed by atoms with van der Waals surface area (Å²) in [5.74, 6) is 0. The fourth-order valence-electron chi connectivity index (χ4n) is 1.66. The first-order valence-corrected chi connectivity index (χ1v) is 11.2. The second-order valence-electron chi connectivity index (χ2n) is 6.22. The van der Waals surface area contributed by atoms with Crippen LogP contribution in [0.3, 0.4) is 0 Å². The van der Waals surface area contributed by atoms with Crippen LogP contribution in [-0.2, 0) is 32.3 Å². The Bertz CT molecular complexity index is 315. The van der Waals surface area contributed by atoms with Crippen molar-refractivity contribution in [2.75, 3.05) is 39.6 Å². The van der Waals surface area contributed by atoms with Crippen molar-refractivity contribution in [1.82, 2.24) is 0 Å². The van der Waals surface area contributed by atoms with Crippen molar-refractivity contribution >= 4 is 7.82 Å². The lowest BCUT2D eigenvalue weighted by Gasteiger charge is -2.20. The number of hydrogen-bond acceptors (Lipinski definition) is 7. The van der Waals surface area contributed by atoms with Crippen LogP contribution in [0.2, 0.25) is 0 Å². The van der Waals surface area contributed by atoms with E-state index in [9.17, 15) is 4.57 Å². The third-order valence-electron chi connectivity index (χ3n) is 3.93. The number of hydrogen-bond donors (Lipinski definition) is 0. The second kappa shape index (κ2) is 16.0. The summed E-state index contributed by atoms with van der Waals surface area (Å²) in [6.07, 6.45) is 3.12. The van der Waals surface area contributed by atoms with Gasteiger partial charge in [-0.05, 0) is 40.0 Å². The van der Waals surface area contributed by atoms with E-state index < -0.39 is 7.82 Å². The van der Waals surface area contributed by atoms with E-state index in [1.54, 1.807) is 0 Å². The van der Waals surface area contributed by atoms with Crippen molar-refractivity contribution in [2.45, 2.75) is 79.1 Å². The Kier molecular flexibility index (Phi) is 16.0. The molecule has 0 spiro atoms. The SMILES string of the molecule is CCC(C)OCCOP(=O)(OCCOC(C)CC)OCCOC(C)CC. The highest BCUT2D eigenvalue weighted by Gasteiger charge is 2.26. The molecule has 158 valence electrons. The molecule has 0 aromatic heterocycles. The number of ether oxygens (including phenoxy) is 3. The summed E-state index contributed by atoms with van der Waals surface area (Å²) in [6, 6.07) is 0. The van der Waals surface area contributed by atoms with Gasteiger partial charge in [0.05, 0.1) is 58.0 Å². The molecule has 0 fully saturated rings. The summed E-state index contributed by atoms with van der Waals surface area (Å²) in [4.78, 5) is 0. The molecule has 0 radical (unpaired) electrons. The minimum atomic E-state index is -3.66. The molecule has 7 nitrogen and oxygen atoms in total. The minimum absolute atomic E-state index is 0.132. The van der Waals surface area contributed by atoms with Gasteiger partial charge in [0.2, 0.25) is 0 Å². The second-order valence-corrected chi connectivity index (χ2v) is 7.88. The third-order valence-corrected chi connectivity index (χ3v) is 5.43. The summed E-state index contributed by atoms with van der Waals surface area (Å²) in [6.45, 7) is 13.5. The van der Waals surface area contributed by atoms with Crippen LogP contribution in [0.15, 0.2) is 0 Å². The standard InChI is InChI=1S/C18H39O7P/c1-7-16(4)20-10-13-23-26(19,24-14-11-21-17(5)8-2)25-15-12-22-18(6)9-3/h16-18H,7-15H2,1-6H3. The van der Waals surface area contributed by atoms with Gasteiger partial charge in [0, 0.05) is 0 Å². The van der Waals surface area contributed by atoms with E-state index in [2.05, 4.69) is 0 Å². The average molecular weight is 398 g/mol. The summed E-state index contributed by atoms with van der Waals surface area (Å²) >= 11 is 0. The number of rotatable bonds is 18. The van der Waals surface area contributed by atoms with Gasteiger partial charge in [-0.3, -0.25) is 13.6 Å². The van der Waals surface area contributed by atoms with Gasteiger partial charge in [-0.25, -0.2) is 4.57 Å². The van der Waals surface area contributed by atoms with Gasteiger partial charge in [0.15, 0.2) is 0 Å². The molecule has 0 aromatic carbocycles. The monoisotopic (exact) mass is 398 g/mol. The molecule has 8 heteroatoms. The molecule has 26 heavy (non-hydrogen) atoms. The van der Waals surface area contributed by atoms with E-state index in [0.717, 1.165) is 19.3 Å². The highest BCUT2D eigenvalue weighted by molar-refractivity contribution is 7.48. The number of phosphoric ester groups is 1. The van der Waals surface area contributed by atoms with Crippen LogP contribution in [0.1, 0.15) is 60.8 Å². The van der Waals surface area contributed by atoms with Crippen LogP contribution in [0.4, 0.5) is 0 Å². The zero-order valence-electron chi connectivity index (χ0n) is 17.4. The van der Waals surface area contributed by atoms with Gasteiger partial charge in [0.25, 0.3) is 0 Å². The summed E-state index contributed by atoms with van der Waals surface area (Å²) < 4.78 is 45.4. The smallest absolute Gasteiger partial charge is 0.376 e. The fourth-order valence-corrected chi connectivity index (χ4v) is 2.78. The molecule has 0 saturated carbocycles. The maximum atomic E-state index is 12.7. The first-order chi connectivity index (χ1) is 12.4. The maximum absolute atomic E-state index is 12.7. The van der Waals surface area contributed by atoms with Gasteiger partial charge >= 0.3 is 7.82 Å². The number of phosphoric acid groups is 1. The summed E-state index contributed by atoms with van der Waals surface area (Å²) in [5.41, 5.74) is 0.